The largest absolute Gasteiger partial charge is 0.463 e. The van der Waals surface area contributed by atoms with E-state index >= 15 is 0 Å². The quantitative estimate of drug-likeness (QED) is 0.485. The number of Topliss-reactive ketones (excluding diaryl/α,β-unsaturated/α-hetero) is 2. The average Bonchev–Trinajstić information content (AvgIpc) is 3.21. The van der Waals surface area contributed by atoms with Crippen LogP contribution in [0.25, 0.3) is 5.57 Å². The number of hydrogen-bond donors (Lipinski definition) is 0. The van der Waals surface area contributed by atoms with Gasteiger partial charge in [0, 0.05) is 28.4 Å². The van der Waals surface area contributed by atoms with Gasteiger partial charge in [-0.2, -0.15) is 0 Å². The lowest BCUT2D eigenvalue weighted by Gasteiger charge is -2.52. The van der Waals surface area contributed by atoms with Crippen LogP contribution >= 0.6 is 0 Å². The first-order chi connectivity index (χ1) is 13.1. The highest BCUT2D eigenvalue weighted by Gasteiger charge is 2.58. The van der Waals surface area contributed by atoms with Gasteiger partial charge in [-0.25, -0.2) is 0 Å². The Morgan fingerprint density at radius 2 is 2.04 bits per heavy atom. The molecule has 3 aliphatic rings. The molecule has 4 rings (SSSR count). The number of hydrogen-bond acceptors (Lipinski definition) is 3. The first-order valence-corrected chi connectivity index (χ1v) is 10.3. The van der Waals surface area contributed by atoms with E-state index < -0.39 is 0 Å². The van der Waals surface area contributed by atoms with Crippen molar-refractivity contribution in [1.82, 2.24) is 0 Å². The third-order valence-electron chi connectivity index (χ3n) is 8.01. The van der Waals surface area contributed by atoms with Crippen LogP contribution in [0.1, 0.15) is 75.6 Å². The monoisotopic (exact) mass is 378 g/mol. The molecule has 4 atom stereocenters. The van der Waals surface area contributed by atoms with Crippen molar-refractivity contribution in [3.05, 3.63) is 53.5 Å². The number of furan rings is 1. The second-order valence-corrected chi connectivity index (χ2v) is 9.55. The maximum absolute atomic E-state index is 12.9. The van der Waals surface area contributed by atoms with Crippen LogP contribution in [0.2, 0.25) is 0 Å². The first-order valence-electron chi connectivity index (χ1n) is 10.3. The normalized spacial score (nSPS) is 34.4. The minimum Gasteiger partial charge on any atom is -0.463 e. The fraction of sp³-hybridized carbons (Fsp3) is 0.520. The van der Waals surface area contributed by atoms with Crippen LogP contribution < -0.4 is 0 Å². The molecule has 28 heavy (non-hydrogen) atoms. The van der Waals surface area contributed by atoms with Gasteiger partial charge in [0.1, 0.15) is 17.8 Å². The fourth-order valence-electron chi connectivity index (χ4n) is 6.19. The second kappa shape index (κ2) is 5.92. The molecule has 0 saturated heterocycles. The molecule has 0 radical (unpaired) electrons. The highest BCUT2D eigenvalue weighted by Crippen LogP contribution is 2.64. The van der Waals surface area contributed by atoms with Crippen LogP contribution in [0.4, 0.5) is 0 Å². The summed E-state index contributed by atoms with van der Waals surface area (Å²) in [6, 6.07) is 0. The van der Waals surface area contributed by atoms with Crippen molar-refractivity contribution in [3.8, 4) is 0 Å². The molecule has 0 aliphatic heterocycles. The third-order valence-corrected chi connectivity index (χ3v) is 8.01. The summed E-state index contributed by atoms with van der Waals surface area (Å²) in [7, 11) is 0. The molecule has 1 aromatic rings. The predicted molar refractivity (Wildman–Crippen MR) is 111 cm³/mol. The van der Waals surface area contributed by atoms with Gasteiger partial charge in [-0.15, -0.1) is 6.58 Å². The van der Waals surface area contributed by atoms with E-state index in [4.69, 9.17) is 4.42 Å². The van der Waals surface area contributed by atoms with Gasteiger partial charge in [-0.05, 0) is 48.7 Å². The Balaban J connectivity index is 2.08. The van der Waals surface area contributed by atoms with Gasteiger partial charge < -0.3 is 4.42 Å². The smallest absolute Gasteiger partial charge is 0.163 e. The van der Waals surface area contributed by atoms with Crippen molar-refractivity contribution in [2.75, 3.05) is 0 Å². The molecular weight excluding hydrogens is 348 g/mol. The zero-order chi connectivity index (χ0) is 20.6. The Morgan fingerprint density at radius 3 is 2.61 bits per heavy atom. The maximum Gasteiger partial charge on any atom is 0.163 e. The summed E-state index contributed by atoms with van der Waals surface area (Å²) < 4.78 is 5.97. The lowest BCUT2D eigenvalue weighted by molar-refractivity contribution is -0.126. The minimum absolute atomic E-state index is 0.0144. The summed E-state index contributed by atoms with van der Waals surface area (Å²) in [6.07, 6.45) is 5.86. The predicted octanol–water partition coefficient (Wildman–Crippen LogP) is 5.91. The third kappa shape index (κ3) is 2.11. The van der Waals surface area contributed by atoms with E-state index in [1.807, 2.05) is 6.08 Å². The van der Waals surface area contributed by atoms with Gasteiger partial charge in [-0.3, -0.25) is 9.59 Å². The van der Waals surface area contributed by atoms with E-state index in [1.54, 1.807) is 13.2 Å². The van der Waals surface area contributed by atoms with Crippen LogP contribution in [0, 0.1) is 23.2 Å². The van der Waals surface area contributed by atoms with E-state index in [2.05, 4.69) is 40.9 Å². The average molecular weight is 379 g/mol. The molecule has 1 fully saturated rings. The van der Waals surface area contributed by atoms with Crippen molar-refractivity contribution in [2.24, 2.45) is 23.2 Å². The lowest BCUT2D eigenvalue weighted by Crippen LogP contribution is -2.46. The van der Waals surface area contributed by atoms with Gasteiger partial charge in [-0.1, -0.05) is 40.3 Å². The summed E-state index contributed by atoms with van der Waals surface area (Å²) in [5.41, 5.74) is 4.25. The van der Waals surface area contributed by atoms with Gasteiger partial charge in [0.05, 0.1) is 5.56 Å². The topological polar surface area (TPSA) is 47.3 Å². The molecule has 0 N–H and O–H groups in total. The van der Waals surface area contributed by atoms with Gasteiger partial charge in [0.25, 0.3) is 0 Å². The zero-order valence-electron chi connectivity index (χ0n) is 17.6. The van der Waals surface area contributed by atoms with Crippen LogP contribution in [0.3, 0.4) is 0 Å². The molecule has 1 heterocycles. The molecule has 148 valence electrons. The van der Waals surface area contributed by atoms with E-state index in [-0.39, 0.29) is 34.4 Å². The molecule has 1 saturated carbocycles. The highest BCUT2D eigenvalue weighted by atomic mass is 16.3. The summed E-state index contributed by atoms with van der Waals surface area (Å²) >= 11 is 0. The van der Waals surface area contributed by atoms with Gasteiger partial charge in [0.2, 0.25) is 0 Å². The Labute approximate surface area is 167 Å². The van der Waals surface area contributed by atoms with Crippen LogP contribution in [-0.4, -0.2) is 11.6 Å². The molecule has 3 aliphatic carbocycles. The summed E-state index contributed by atoms with van der Waals surface area (Å²) in [6.45, 7) is 18.9. The summed E-state index contributed by atoms with van der Waals surface area (Å²) in [4.78, 5) is 25.3. The van der Waals surface area contributed by atoms with Crippen molar-refractivity contribution in [3.63, 3.8) is 0 Å². The zero-order valence-corrected chi connectivity index (χ0v) is 17.6. The number of rotatable bonds is 3. The minimum atomic E-state index is -0.369. The van der Waals surface area contributed by atoms with Crippen LogP contribution in [0.15, 0.2) is 41.1 Å². The fourth-order valence-corrected chi connectivity index (χ4v) is 6.19. The van der Waals surface area contributed by atoms with Crippen molar-refractivity contribution in [2.45, 2.75) is 59.3 Å². The molecule has 0 spiro atoms. The lowest BCUT2D eigenvalue weighted by atomic mass is 9.51. The van der Waals surface area contributed by atoms with Crippen LogP contribution in [-0.2, 0) is 10.2 Å². The molecule has 3 heteroatoms. The molecule has 0 amide bonds. The van der Waals surface area contributed by atoms with Gasteiger partial charge in [0.15, 0.2) is 5.78 Å². The number of carbonyl (C=O) groups excluding carboxylic acids is 2. The number of allylic oxidation sites excluding steroid dienone is 4. The van der Waals surface area contributed by atoms with Crippen LogP contribution in [0.5, 0.6) is 0 Å². The Kier molecular flexibility index (Phi) is 4.05. The standard InChI is InChI=1S/C25H30O3/c1-8-16-11-24(6)18(9-10-19(24)27)20-14(4)23-22(17(12-28-23)15(5)26)25(7,13(2)3)21(16)20/h8,12-13,16,18H,1,4,9-11H2,2-3,5-7H3/t16-,18?,24+,25-/m1/s1. The Morgan fingerprint density at radius 1 is 1.36 bits per heavy atom. The highest BCUT2D eigenvalue weighted by molar-refractivity contribution is 6.00. The molecule has 0 aromatic carbocycles. The molecular formula is C25H30O3. The summed E-state index contributed by atoms with van der Waals surface area (Å²) in [5.74, 6) is 1.60. The number of ketones is 2. The SMILES string of the molecule is C=C[C@@H]1C[C@]2(C)C(=O)CCC2C2=C1[C@@](C)(C(C)C)c1c(C(C)=O)coc1C2=C. The Bertz CT molecular complexity index is 956. The number of carbonyl (C=O) groups is 2. The number of fused-ring (bicyclic) bond motifs is 3. The molecule has 1 unspecified atom stereocenters. The van der Waals surface area contributed by atoms with E-state index in [1.165, 1.54) is 11.1 Å². The second-order valence-electron chi connectivity index (χ2n) is 9.55. The van der Waals surface area contributed by atoms with Gasteiger partial charge >= 0.3 is 0 Å². The molecule has 1 aromatic heterocycles. The molecule has 0 bridgehead atoms. The van der Waals surface area contributed by atoms with E-state index in [9.17, 15) is 9.59 Å². The van der Waals surface area contributed by atoms with Crippen molar-refractivity contribution < 1.29 is 14.0 Å². The Hall–Kier alpha value is -2.16. The molecule has 3 nitrogen and oxygen atoms in total. The summed E-state index contributed by atoms with van der Waals surface area (Å²) in [5, 5.41) is 0. The van der Waals surface area contributed by atoms with E-state index in [0.717, 1.165) is 29.7 Å². The van der Waals surface area contributed by atoms with E-state index in [0.29, 0.717) is 17.8 Å². The van der Waals surface area contributed by atoms with Crippen molar-refractivity contribution >= 4 is 17.1 Å². The maximum atomic E-state index is 12.9. The first kappa shape index (κ1) is 19.2. The van der Waals surface area contributed by atoms with Crippen molar-refractivity contribution in [1.29, 1.82) is 0 Å².